The Labute approximate surface area is 176 Å². The summed E-state index contributed by atoms with van der Waals surface area (Å²) in [6, 6.07) is 5.23. The number of hydrogen-bond donors (Lipinski definition) is 1. The summed E-state index contributed by atoms with van der Waals surface area (Å²) in [5.74, 6) is -2.25. The Hall–Kier alpha value is -2.33. The molecule has 1 heterocycles. The molecule has 1 N–H and O–H groups in total. The number of halogens is 5. The maximum atomic E-state index is 13.2. The molecule has 11 heteroatoms. The van der Waals surface area contributed by atoms with Gasteiger partial charge in [0.25, 0.3) is 0 Å². The van der Waals surface area contributed by atoms with Crippen molar-refractivity contribution in [2.45, 2.75) is 45.8 Å². The zero-order valence-electron chi connectivity index (χ0n) is 16.6. The van der Waals surface area contributed by atoms with Crippen LogP contribution in [0.2, 0.25) is 5.02 Å². The van der Waals surface area contributed by atoms with Crippen LogP contribution < -0.4 is 10.1 Å². The highest BCUT2D eigenvalue weighted by atomic mass is 35.5. The van der Waals surface area contributed by atoms with Crippen molar-refractivity contribution in [1.29, 1.82) is 0 Å². The molecule has 0 aliphatic rings. The highest BCUT2D eigenvalue weighted by molar-refractivity contribution is 6.31. The van der Waals surface area contributed by atoms with Gasteiger partial charge in [0.1, 0.15) is 18.1 Å². The highest BCUT2D eigenvalue weighted by Crippen LogP contribution is 2.26. The number of ether oxygens (including phenoxy) is 2. The Balaban J connectivity index is 2.24. The summed E-state index contributed by atoms with van der Waals surface area (Å²) in [6.45, 7) is 4.42. The molecule has 2 rings (SSSR count). The molecule has 0 aliphatic carbocycles. The van der Waals surface area contributed by atoms with Gasteiger partial charge in [0.05, 0.1) is 5.02 Å². The van der Waals surface area contributed by atoms with Crippen molar-refractivity contribution in [3.8, 4) is 5.88 Å². The minimum absolute atomic E-state index is 0.0154. The van der Waals surface area contributed by atoms with Crippen molar-refractivity contribution in [2.75, 3.05) is 7.05 Å². The third-order valence-electron chi connectivity index (χ3n) is 4.06. The lowest BCUT2D eigenvalue weighted by Gasteiger charge is -2.15. The summed E-state index contributed by atoms with van der Waals surface area (Å²) < 4.78 is 62.5. The van der Waals surface area contributed by atoms with Crippen LogP contribution in [-0.4, -0.2) is 29.0 Å². The molecule has 30 heavy (non-hydrogen) atoms. The van der Waals surface area contributed by atoms with E-state index >= 15 is 0 Å². The second kappa shape index (κ2) is 10.1. The van der Waals surface area contributed by atoms with Gasteiger partial charge >= 0.3 is 12.1 Å². The van der Waals surface area contributed by atoms with Gasteiger partial charge in [-0.15, -0.1) is 0 Å². The number of alkyl halides is 3. The average molecular weight is 452 g/mol. The lowest BCUT2D eigenvalue weighted by Crippen LogP contribution is -2.31. The van der Waals surface area contributed by atoms with Crippen LogP contribution in [0.1, 0.15) is 37.8 Å². The van der Waals surface area contributed by atoms with Crippen molar-refractivity contribution < 1.29 is 31.8 Å². The Morgan fingerprint density at radius 1 is 1.30 bits per heavy atom. The van der Waals surface area contributed by atoms with Crippen molar-refractivity contribution in [2.24, 2.45) is 5.92 Å². The first-order chi connectivity index (χ1) is 14.0. The number of carbonyl (C=O) groups excluding carboxylic acids is 1. The minimum atomic E-state index is -5.13. The van der Waals surface area contributed by atoms with Gasteiger partial charge in [0.2, 0.25) is 5.88 Å². The molecular formula is C19H22ClF4N3O3. The van der Waals surface area contributed by atoms with Gasteiger partial charge in [-0.3, -0.25) is 5.32 Å². The zero-order chi connectivity index (χ0) is 22.5. The monoisotopic (exact) mass is 451 g/mol. The molecule has 0 saturated carbocycles. The van der Waals surface area contributed by atoms with Gasteiger partial charge < -0.3 is 9.47 Å². The standard InChI is InChI=1S/C19H22ClF4N3O3/c1-11(2)6-7-27-16(29-10-12-4-5-13(21)8-14(12)20)9-15(26-27)17(25-3)30-18(28)19(22,23)24/h4-5,8-9,11,17,25H,6-7,10H2,1-3H3. The first-order valence-electron chi connectivity index (χ1n) is 9.10. The molecule has 0 fully saturated rings. The van der Waals surface area contributed by atoms with Crippen molar-refractivity contribution in [3.63, 3.8) is 0 Å². The maximum absolute atomic E-state index is 13.2. The first-order valence-corrected chi connectivity index (χ1v) is 9.48. The molecule has 0 amide bonds. The van der Waals surface area contributed by atoms with E-state index < -0.39 is 24.2 Å². The van der Waals surface area contributed by atoms with E-state index in [1.807, 2.05) is 13.8 Å². The van der Waals surface area contributed by atoms with Crippen LogP contribution >= 0.6 is 11.6 Å². The van der Waals surface area contributed by atoms with Gasteiger partial charge in [-0.05, 0) is 31.5 Å². The molecule has 2 aromatic rings. The Kier molecular flexibility index (Phi) is 8.08. The molecule has 1 atom stereocenters. The van der Waals surface area contributed by atoms with Crippen LogP contribution in [0.3, 0.4) is 0 Å². The van der Waals surface area contributed by atoms with E-state index in [0.29, 0.717) is 18.0 Å². The van der Waals surface area contributed by atoms with Gasteiger partial charge in [-0.1, -0.05) is 31.5 Å². The summed E-state index contributed by atoms with van der Waals surface area (Å²) in [5.41, 5.74) is 0.559. The molecule has 0 bridgehead atoms. The molecule has 1 aromatic heterocycles. The van der Waals surface area contributed by atoms with Crippen LogP contribution in [0.4, 0.5) is 17.6 Å². The van der Waals surface area contributed by atoms with E-state index in [1.165, 1.54) is 29.9 Å². The third-order valence-corrected chi connectivity index (χ3v) is 4.41. The van der Waals surface area contributed by atoms with E-state index in [4.69, 9.17) is 16.3 Å². The largest absolute Gasteiger partial charge is 0.490 e. The molecule has 166 valence electrons. The van der Waals surface area contributed by atoms with Crippen LogP contribution in [-0.2, 0) is 22.7 Å². The molecule has 0 aliphatic heterocycles. The molecular weight excluding hydrogens is 430 g/mol. The van der Waals surface area contributed by atoms with Crippen LogP contribution in [0.25, 0.3) is 0 Å². The highest BCUT2D eigenvalue weighted by Gasteiger charge is 2.42. The number of nitrogens with zero attached hydrogens (tertiary/aromatic N) is 2. The van der Waals surface area contributed by atoms with Gasteiger partial charge in [0.15, 0.2) is 6.23 Å². The van der Waals surface area contributed by atoms with E-state index in [1.54, 1.807) is 0 Å². The third kappa shape index (κ3) is 6.60. The SMILES string of the molecule is CNC(OC(=O)C(F)(F)F)c1cc(OCc2ccc(F)cc2Cl)n(CCC(C)C)n1. The number of carbonyl (C=O) groups is 1. The fourth-order valence-corrected chi connectivity index (χ4v) is 2.66. The van der Waals surface area contributed by atoms with Gasteiger partial charge in [-0.2, -0.15) is 18.3 Å². The number of nitrogens with one attached hydrogen (secondary N) is 1. The van der Waals surface area contributed by atoms with Crippen LogP contribution in [0.15, 0.2) is 24.3 Å². The Morgan fingerprint density at radius 2 is 2.00 bits per heavy atom. The molecule has 0 spiro atoms. The number of aromatic nitrogens is 2. The number of aryl methyl sites for hydroxylation is 1. The normalized spacial score (nSPS) is 12.8. The second-order valence-corrected chi connectivity index (χ2v) is 7.32. The Bertz CT molecular complexity index is 871. The first kappa shape index (κ1) is 23.9. The van der Waals surface area contributed by atoms with E-state index in [9.17, 15) is 22.4 Å². The number of esters is 1. The average Bonchev–Trinajstić information content (AvgIpc) is 3.05. The molecule has 6 nitrogen and oxygen atoms in total. The summed E-state index contributed by atoms with van der Waals surface area (Å²) in [7, 11) is 1.33. The summed E-state index contributed by atoms with van der Waals surface area (Å²) >= 11 is 6.00. The predicted octanol–water partition coefficient (Wildman–Crippen LogP) is 4.62. The topological polar surface area (TPSA) is 65.4 Å². The summed E-state index contributed by atoms with van der Waals surface area (Å²) in [4.78, 5) is 11.2. The lowest BCUT2D eigenvalue weighted by molar-refractivity contribution is -0.206. The summed E-state index contributed by atoms with van der Waals surface area (Å²) in [6.07, 6.45) is -5.83. The number of benzene rings is 1. The van der Waals surface area contributed by atoms with Crippen LogP contribution in [0.5, 0.6) is 5.88 Å². The van der Waals surface area contributed by atoms with Crippen molar-refractivity contribution in [3.05, 3.63) is 46.4 Å². The van der Waals surface area contributed by atoms with Gasteiger partial charge in [0, 0.05) is 18.2 Å². The zero-order valence-corrected chi connectivity index (χ0v) is 17.4. The fraction of sp³-hybridized carbons (Fsp3) is 0.474. The maximum Gasteiger partial charge on any atom is 0.490 e. The minimum Gasteiger partial charge on any atom is -0.473 e. The van der Waals surface area contributed by atoms with Crippen LogP contribution in [0, 0.1) is 11.7 Å². The van der Waals surface area contributed by atoms with Crippen molar-refractivity contribution in [1.82, 2.24) is 15.1 Å². The summed E-state index contributed by atoms with van der Waals surface area (Å²) in [5, 5.41) is 6.88. The lowest BCUT2D eigenvalue weighted by atomic mass is 10.1. The quantitative estimate of drug-likeness (QED) is 0.342. The van der Waals surface area contributed by atoms with E-state index in [-0.39, 0.29) is 23.2 Å². The predicted molar refractivity (Wildman–Crippen MR) is 101 cm³/mol. The fourth-order valence-electron chi connectivity index (χ4n) is 2.43. The number of rotatable bonds is 9. The number of hydrogen-bond acceptors (Lipinski definition) is 5. The van der Waals surface area contributed by atoms with Gasteiger partial charge in [-0.25, -0.2) is 13.9 Å². The smallest absolute Gasteiger partial charge is 0.473 e. The van der Waals surface area contributed by atoms with Crippen molar-refractivity contribution >= 4 is 17.6 Å². The van der Waals surface area contributed by atoms with E-state index in [0.717, 1.165) is 12.5 Å². The molecule has 0 saturated heterocycles. The molecule has 1 aromatic carbocycles. The molecule has 0 radical (unpaired) electrons. The Morgan fingerprint density at radius 3 is 2.57 bits per heavy atom. The van der Waals surface area contributed by atoms with E-state index in [2.05, 4.69) is 15.2 Å². The second-order valence-electron chi connectivity index (χ2n) is 6.91. The molecule has 1 unspecified atom stereocenters.